The van der Waals surface area contributed by atoms with Crippen molar-refractivity contribution in [2.24, 2.45) is 0 Å². The van der Waals surface area contributed by atoms with Gasteiger partial charge in [0.05, 0.1) is 0 Å². The number of likely N-dealkylation sites (N-methyl/N-ethyl adjacent to an activating group) is 1. The Kier molecular flexibility index (Phi) is 14.5. The molecule has 0 atom stereocenters. The fourth-order valence-electron chi connectivity index (χ4n) is 0.944. The predicted molar refractivity (Wildman–Crippen MR) is 60.9 cm³/mol. The molecule has 0 aliphatic rings. The van der Waals surface area contributed by atoms with Crippen molar-refractivity contribution in [3.05, 3.63) is 41.9 Å². The van der Waals surface area contributed by atoms with Crippen molar-refractivity contribution >= 4 is 6.47 Å². The summed E-state index contributed by atoms with van der Waals surface area (Å²) in [6.45, 7) is 5.33. The van der Waals surface area contributed by atoms with Crippen LogP contribution in [0.5, 0.6) is 0 Å². The molecule has 0 fully saturated rings. The van der Waals surface area contributed by atoms with Gasteiger partial charge in [0.15, 0.2) is 0 Å². The van der Waals surface area contributed by atoms with Crippen LogP contribution in [0, 0.1) is 13.5 Å². The first-order valence-electron chi connectivity index (χ1n) is 4.69. The van der Waals surface area contributed by atoms with E-state index < -0.39 is 0 Å². The standard InChI is InChI=1S/C10H14N.C2H3O2.Y/c1-9-3-5-10(6-4-9)7-8-11-2;1-4-2-3;/h3-6,8,11H,7H2,1-2H3;1H3;/q2*-1;+3. The van der Waals surface area contributed by atoms with Crippen LogP contribution >= 0.6 is 0 Å². The van der Waals surface area contributed by atoms with Crippen LogP contribution in [-0.2, 0) is 48.7 Å². The Morgan fingerprint density at radius 3 is 2.25 bits per heavy atom. The van der Waals surface area contributed by atoms with Gasteiger partial charge in [-0.25, -0.2) is 0 Å². The summed E-state index contributed by atoms with van der Waals surface area (Å²) in [5.41, 5.74) is 2.67. The Morgan fingerprint density at radius 2 is 1.88 bits per heavy atom. The van der Waals surface area contributed by atoms with Crippen molar-refractivity contribution in [1.82, 2.24) is 5.32 Å². The molecule has 0 heterocycles. The summed E-state index contributed by atoms with van der Waals surface area (Å²) in [6, 6.07) is 8.59. The molecule has 1 rings (SSSR count). The van der Waals surface area contributed by atoms with Crippen LogP contribution in [0.15, 0.2) is 24.3 Å². The van der Waals surface area contributed by atoms with E-state index in [0.717, 1.165) is 6.42 Å². The zero-order valence-corrected chi connectivity index (χ0v) is 12.8. The van der Waals surface area contributed by atoms with E-state index in [1.54, 1.807) is 0 Å². The molecular weight excluding hydrogens is 279 g/mol. The van der Waals surface area contributed by atoms with Crippen molar-refractivity contribution in [1.29, 1.82) is 0 Å². The van der Waals surface area contributed by atoms with Crippen LogP contribution in [0.2, 0.25) is 0 Å². The molecule has 0 spiro atoms. The van der Waals surface area contributed by atoms with E-state index in [4.69, 9.17) is 4.79 Å². The van der Waals surface area contributed by atoms with Crippen molar-refractivity contribution in [3.8, 4) is 0 Å². The summed E-state index contributed by atoms with van der Waals surface area (Å²) in [4.78, 5) is 8.83. The third-order valence-electron chi connectivity index (χ3n) is 1.75. The van der Waals surface area contributed by atoms with Crippen LogP contribution < -0.4 is 5.32 Å². The third kappa shape index (κ3) is 10.3. The van der Waals surface area contributed by atoms with Gasteiger partial charge in [0.2, 0.25) is 0 Å². The molecule has 4 heteroatoms. The Balaban J connectivity index is 0. The summed E-state index contributed by atoms with van der Waals surface area (Å²) in [6.07, 6.45) is 0.997. The second kappa shape index (κ2) is 12.8. The number of carbonyl (C=O) groups excluding carboxylic acids is 1. The van der Waals surface area contributed by atoms with Crippen molar-refractivity contribution in [3.63, 3.8) is 0 Å². The Labute approximate surface area is 123 Å². The average molecular weight is 296 g/mol. The molecule has 0 aliphatic carbocycles. The molecule has 16 heavy (non-hydrogen) atoms. The van der Waals surface area contributed by atoms with E-state index >= 15 is 0 Å². The Morgan fingerprint density at radius 1 is 1.38 bits per heavy atom. The van der Waals surface area contributed by atoms with Crippen LogP contribution in [0.1, 0.15) is 11.1 Å². The quantitative estimate of drug-likeness (QED) is 0.858. The molecule has 0 saturated heterocycles. The van der Waals surface area contributed by atoms with E-state index in [1.165, 1.54) is 24.7 Å². The van der Waals surface area contributed by atoms with Gasteiger partial charge in [-0.3, -0.25) is 6.54 Å². The summed E-state index contributed by atoms with van der Waals surface area (Å²) < 4.78 is 3.74. The zero-order valence-electron chi connectivity index (χ0n) is 9.99. The molecule has 1 N–H and O–H groups in total. The molecule has 0 amide bonds. The number of benzene rings is 1. The van der Waals surface area contributed by atoms with E-state index in [9.17, 15) is 0 Å². The smallest absolute Gasteiger partial charge is 0.655 e. The van der Waals surface area contributed by atoms with E-state index in [1.807, 2.05) is 13.6 Å². The molecule has 0 unspecified atom stereocenters. The van der Waals surface area contributed by atoms with Crippen LogP contribution in [0.4, 0.5) is 0 Å². The zero-order chi connectivity index (χ0) is 11.5. The molecule has 1 aromatic carbocycles. The second-order valence-corrected chi connectivity index (χ2v) is 2.97. The fourth-order valence-corrected chi connectivity index (χ4v) is 0.944. The number of nitrogens with one attached hydrogen (secondary N) is 1. The molecule has 0 radical (unpaired) electrons. The first kappa shape index (κ1) is 18.1. The maximum absolute atomic E-state index is 8.83. The van der Waals surface area contributed by atoms with Gasteiger partial charge in [-0.2, -0.15) is 0 Å². The van der Waals surface area contributed by atoms with Gasteiger partial charge in [0, 0.05) is 7.11 Å². The monoisotopic (exact) mass is 296 g/mol. The van der Waals surface area contributed by atoms with E-state index in [2.05, 4.69) is 41.2 Å². The van der Waals surface area contributed by atoms with E-state index in [-0.39, 0.29) is 32.7 Å². The summed E-state index contributed by atoms with van der Waals surface area (Å²) in [5, 5.41) is 3.01. The molecule has 0 saturated carbocycles. The first-order valence-corrected chi connectivity index (χ1v) is 4.69. The summed E-state index contributed by atoms with van der Waals surface area (Å²) in [7, 11) is 3.18. The summed E-state index contributed by atoms with van der Waals surface area (Å²) >= 11 is 0. The average Bonchev–Trinajstić information content (AvgIpc) is 2.29. The maximum Gasteiger partial charge on any atom is 3.00 e. The topological polar surface area (TPSA) is 38.3 Å². The maximum atomic E-state index is 8.83. The number of hydrogen-bond acceptors (Lipinski definition) is 3. The number of rotatable bonds is 4. The molecule has 0 aromatic heterocycles. The molecular formula is C12H17NO2Y+. The second-order valence-electron chi connectivity index (χ2n) is 2.97. The number of aryl methyl sites for hydroxylation is 1. The molecule has 1 aromatic rings. The van der Waals surface area contributed by atoms with Crippen molar-refractivity contribution in [2.75, 3.05) is 14.2 Å². The van der Waals surface area contributed by atoms with Gasteiger partial charge < -0.3 is 14.8 Å². The van der Waals surface area contributed by atoms with Crippen LogP contribution in [-0.4, -0.2) is 20.6 Å². The minimum Gasteiger partial charge on any atom is -0.655 e. The number of methoxy groups -OCH3 is 1. The van der Waals surface area contributed by atoms with Crippen molar-refractivity contribution < 1.29 is 42.2 Å². The molecule has 84 valence electrons. The van der Waals surface area contributed by atoms with Gasteiger partial charge in [-0.05, 0) is 14.0 Å². The fraction of sp³-hybridized carbons (Fsp3) is 0.333. The van der Waals surface area contributed by atoms with Gasteiger partial charge in [-0.15, -0.1) is 6.42 Å². The normalized spacial score (nSPS) is 8.19. The van der Waals surface area contributed by atoms with Gasteiger partial charge in [0.25, 0.3) is 0 Å². The largest absolute Gasteiger partial charge is 3.00 e. The van der Waals surface area contributed by atoms with E-state index in [0.29, 0.717) is 0 Å². The Hall–Kier alpha value is -0.246. The minimum absolute atomic E-state index is 0. The van der Waals surface area contributed by atoms with Crippen LogP contribution in [0.25, 0.3) is 0 Å². The van der Waals surface area contributed by atoms with Gasteiger partial charge in [-0.1, -0.05) is 41.9 Å². The van der Waals surface area contributed by atoms with Gasteiger partial charge >= 0.3 is 32.7 Å². The van der Waals surface area contributed by atoms with Crippen LogP contribution in [0.3, 0.4) is 0 Å². The number of ether oxygens (including phenoxy) is 1. The number of hydrogen-bond donors (Lipinski definition) is 1. The Bertz CT molecular complexity index is 262. The predicted octanol–water partition coefficient (Wildman–Crippen LogP) is 1.62. The molecule has 3 nitrogen and oxygen atoms in total. The minimum atomic E-state index is 0. The van der Waals surface area contributed by atoms with Crippen molar-refractivity contribution in [2.45, 2.75) is 13.3 Å². The SMILES string of the molecule is CN[CH-]Cc1ccc(C)cc1.CO[C-]=O.[Y+3]. The molecule has 0 bridgehead atoms. The first-order chi connectivity index (χ1) is 7.24. The molecule has 0 aliphatic heterocycles. The summed E-state index contributed by atoms with van der Waals surface area (Å²) in [5.74, 6) is 0. The third-order valence-corrected chi connectivity index (χ3v) is 1.75. The van der Waals surface area contributed by atoms with Gasteiger partial charge in [0.1, 0.15) is 0 Å².